The Kier molecular flexibility index (Phi) is 9.53. The molecule has 1 amide bonds. The summed E-state index contributed by atoms with van der Waals surface area (Å²) < 4.78 is 23.2. The Balaban J connectivity index is 1.57. The molecular weight excluding hydrogens is 548 g/mol. The lowest BCUT2D eigenvalue weighted by molar-refractivity contribution is -0.123. The summed E-state index contributed by atoms with van der Waals surface area (Å²) in [6.45, 7) is 3.99. The number of methoxy groups -OCH3 is 3. The molecule has 38 heavy (non-hydrogen) atoms. The molecule has 0 radical (unpaired) electrons. The van der Waals surface area contributed by atoms with E-state index in [0.717, 1.165) is 57.8 Å². The van der Waals surface area contributed by atoms with Crippen LogP contribution in [0.2, 0.25) is 0 Å². The van der Waals surface area contributed by atoms with Crippen molar-refractivity contribution in [3.05, 3.63) is 81.3 Å². The number of amides is 1. The van der Waals surface area contributed by atoms with Gasteiger partial charge in [-0.05, 0) is 82.7 Å². The number of ether oxygens (including phenoxy) is 4. The third kappa shape index (κ3) is 6.42. The van der Waals surface area contributed by atoms with Crippen molar-refractivity contribution in [3.63, 3.8) is 0 Å². The molecule has 1 N–H and O–H groups in total. The summed E-state index contributed by atoms with van der Waals surface area (Å²) in [6, 6.07) is 18.0. The van der Waals surface area contributed by atoms with Crippen molar-refractivity contribution < 1.29 is 23.7 Å². The standard InChI is InChI=1S/C30H35BrN2O5/c1-5-38-26-9-7-6-8-22(26)18-32-30(34)19-33-13-12-21-16-28(36-3)29(37-4)17-23(21)25(33)15-20-10-11-27(35-2)24(31)14-20/h6-11,14,16-17,25H,5,12-13,15,18-19H2,1-4H3,(H,32,34). The van der Waals surface area contributed by atoms with Crippen molar-refractivity contribution in [3.8, 4) is 23.0 Å². The van der Waals surface area contributed by atoms with Gasteiger partial charge in [-0.25, -0.2) is 0 Å². The number of rotatable bonds is 11. The van der Waals surface area contributed by atoms with Crippen LogP contribution in [0.25, 0.3) is 0 Å². The molecule has 0 aliphatic carbocycles. The molecule has 0 aromatic heterocycles. The van der Waals surface area contributed by atoms with E-state index in [1.165, 1.54) is 5.56 Å². The highest BCUT2D eigenvalue weighted by molar-refractivity contribution is 9.10. The van der Waals surface area contributed by atoms with Gasteiger partial charge in [0.05, 0.1) is 39.0 Å². The van der Waals surface area contributed by atoms with Gasteiger partial charge in [0.1, 0.15) is 11.5 Å². The van der Waals surface area contributed by atoms with Gasteiger partial charge < -0.3 is 24.3 Å². The number of nitrogens with one attached hydrogen (secondary N) is 1. The zero-order chi connectivity index (χ0) is 27.1. The number of para-hydroxylation sites is 1. The second-order valence-corrected chi connectivity index (χ2v) is 9.99. The van der Waals surface area contributed by atoms with E-state index in [0.29, 0.717) is 18.9 Å². The summed E-state index contributed by atoms with van der Waals surface area (Å²) in [4.78, 5) is 15.4. The van der Waals surface area contributed by atoms with Gasteiger partial charge in [0.25, 0.3) is 0 Å². The predicted octanol–water partition coefficient (Wildman–Crippen LogP) is 5.33. The number of benzene rings is 3. The summed E-state index contributed by atoms with van der Waals surface area (Å²) >= 11 is 3.61. The zero-order valence-electron chi connectivity index (χ0n) is 22.4. The van der Waals surface area contributed by atoms with Crippen LogP contribution in [0.4, 0.5) is 0 Å². The molecule has 0 fully saturated rings. The predicted molar refractivity (Wildman–Crippen MR) is 151 cm³/mol. The average Bonchev–Trinajstić information content (AvgIpc) is 2.93. The molecule has 0 saturated carbocycles. The molecule has 0 bridgehead atoms. The van der Waals surface area contributed by atoms with E-state index >= 15 is 0 Å². The zero-order valence-corrected chi connectivity index (χ0v) is 24.0. The van der Waals surface area contributed by atoms with Crippen LogP contribution in [0, 0.1) is 0 Å². The van der Waals surface area contributed by atoms with Crippen LogP contribution in [0.3, 0.4) is 0 Å². The van der Waals surface area contributed by atoms with Gasteiger partial charge in [-0.3, -0.25) is 9.69 Å². The van der Waals surface area contributed by atoms with E-state index in [1.807, 2.05) is 37.3 Å². The number of hydrogen-bond acceptors (Lipinski definition) is 6. The lowest BCUT2D eigenvalue weighted by Crippen LogP contribution is -2.43. The van der Waals surface area contributed by atoms with Crippen LogP contribution in [-0.2, 0) is 24.2 Å². The van der Waals surface area contributed by atoms with Gasteiger partial charge in [0.15, 0.2) is 11.5 Å². The molecule has 8 heteroatoms. The fourth-order valence-corrected chi connectivity index (χ4v) is 5.54. The van der Waals surface area contributed by atoms with Gasteiger partial charge in [0, 0.05) is 24.7 Å². The van der Waals surface area contributed by atoms with Crippen LogP contribution in [0.15, 0.2) is 59.1 Å². The summed E-state index contributed by atoms with van der Waals surface area (Å²) in [5, 5.41) is 3.09. The Hall–Kier alpha value is -3.23. The highest BCUT2D eigenvalue weighted by Gasteiger charge is 2.30. The number of nitrogens with zero attached hydrogens (tertiary/aromatic N) is 1. The van der Waals surface area contributed by atoms with E-state index in [9.17, 15) is 4.79 Å². The quantitative estimate of drug-likeness (QED) is 0.329. The van der Waals surface area contributed by atoms with Crippen LogP contribution in [-0.4, -0.2) is 51.8 Å². The molecule has 0 spiro atoms. The summed E-state index contributed by atoms with van der Waals surface area (Å²) in [7, 11) is 4.96. The van der Waals surface area contributed by atoms with Crippen molar-refractivity contribution in [2.24, 2.45) is 0 Å². The second kappa shape index (κ2) is 13.0. The summed E-state index contributed by atoms with van der Waals surface area (Å²) in [5.74, 6) is 2.96. The number of halogens is 1. The molecule has 1 aliphatic heterocycles. The Morgan fingerprint density at radius 2 is 1.71 bits per heavy atom. The minimum atomic E-state index is -0.0267. The van der Waals surface area contributed by atoms with Crippen molar-refractivity contribution in [2.45, 2.75) is 32.4 Å². The normalized spacial score (nSPS) is 14.9. The van der Waals surface area contributed by atoms with Gasteiger partial charge >= 0.3 is 0 Å². The van der Waals surface area contributed by atoms with E-state index in [-0.39, 0.29) is 18.5 Å². The molecular formula is C30H35BrN2O5. The molecule has 1 atom stereocenters. The molecule has 202 valence electrons. The Bertz CT molecular complexity index is 1270. The van der Waals surface area contributed by atoms with Crippen LogP contribution >= 0.6 is 15.9 Å². The Labute approximate surface area is 233 Å². The topological polar surface area (TPSA) is 69.3 Å². The average molecular weight is 584 g/mol. The molecule has 0 saturated heterocycles. The first-order valence-corrected chi connectivity index (χ1v) is 13.5. The number of fused-ring (bicyclic) bond motifs is 1. The Morgan fingerprint density at radius 3 is 2.42 bits per heavy atom. The summed E-state index contributed by atoms with van der Waals surface area (Å²) in [5.41, 5.74) is 4.46. The first-order chi connectivity index (χ1) is 18.5. The molecule has 3 aromatic carbocycles. The monoisotopic (exact) mass is 582 g/mol. The number of carbonyl (C=O) groups is 1. The lowest BCUT2D eigenvalue weighted by Gasteiger charge is -2.37. The van der Waals surface area contributed by atoms with E-state index < -0.39 is 0 Å². The third-order valence-electron chi connectivity index (χ3n) is 6.85. The van der Waals surface area contributed by atoms with Gasteiger partial charge in [-0.2, -0.15) is 0 Å². The third-order valence-corrected chi connectivity index (χ3v) is 7.47. The van der Waals surface area contributed by atoms with Gasteiger partial charge in [0.2, 0.25) is 5.91 Å². The van der Waals surface area contributed by atoms with Crippen molar-refractivity contribution >= 4 is 21.8 Å². The molecule has 1 heterocycles. The maximum atomic E-state index is 13.2. The minimum absolute atomic E-state index is 0.0136. The van der Waals surface area contributed by atoms with Crippen LogP contribution < -0.4 is 24.3 Å². The van der Waals surface area contributed by atoms with Crippen LogP contribution in [0.1, 0.15) is 35.2 Å². The van der Waals surface area contributed by atoms with Crippen LogP contribution in [0.5, 0.6) is 23.0 Å². The fourth-order valence-electron chi connectivity index (χ4n) is 4.95. The fraction of sp³-hybridized carbons (Fsp3) is 0.367. The molecule has 1 unspecified atom stereocenters. The number of hydrogen-bond donors (Lipinski definition) is 1. The lowest BCUT2D eigenvalue weighted by atomic mass is 9.88. The molecule has 3 aromatic rings. The van der Waals surface area contributed by atoms with Crippen molar-refractivity contribution in [2.75, 3.05) is 41.0 Å². The smallest absolute Gasteiger partial charge is 0.234 e. The molecule has 4 rings (SSSR count). The minimum Gasteiger partial charge on any atom is -0.496 e. The van der Waals surface area contributed by atoms with Gasteiger partial charge in [-0.15, -0.1) is 0 Å². The van der Waals surface area contributed by atoms with E-state index in [1.54, 1.807) is 21.3 Å². The largest absolute Gasteiger partial charge is 0.496 e. The second-order valence-electron chi connectivity index (χ2n) is 9.13. The van der Waals surface area contributed by atoms with E-state index in [4.69, 9.17) is 18.9 Å². The first-order valence-electron chi connectivity index (χ1n) is 12.8. The summed E-state index contributed by atoms with van der Waals surface area (Å²) in [6.07, 6.45) is 1.55. The van der Waals surface area contributed by atoms with Crippen molar-refractivity contribution in [1.29, 1.82) is 0 Å². The number of carbonyl (C=O) groups excluding carboxylic acids is 1. The van der Waals surface area contributed by atoms with E-state index in [2.05, 4.69) is 50.4 Å². The maximum absolute atomic E-state index is 13.2. The SMILES string of the molecule is CCOc1ccccc1CNC(=O)CN1CCc2cc(OC)c(OC)cc2C1Cc1ccc(OC)c(Br)c1. The molecule has 7 nitrogen and oxygen atoms in total. The van der Waals surface area contributed by atoms with Crippen molar-refractivity contribution in [1.82, 2.24) is 10.2 Å². The Morgan fingerprint density at radius 1 is 0.974 bits per heavy atom. The highest BCUT2D eigenvalue weighted by atomic mass is 79.9. The first kappa shape index (κ1) is 27.8. The highest BCUT2D eigenvalue weighted by Crippen LogP contribution is 2.40. The molecule has 1 aliphatic rings. The van der Waals surface area contributed by atoms with Gasteiger partial charge in [-0.1, -0.05) is 24.3 Å². The maximum Gasteiger partial charge on any atom is 0.234 e.